The van der Waals surface area contributed by atoms with E-state index in [0.717, 1.165) is 10.0 Å². The molecule has 0 spiro atoms. The molecule has 2 aromatic carbocycles. The normalized spacial score (nSPS) is 10.2. The van der Waals surface area contributed by atoms with Crippen molar-refractivity contribution in [1.82, 2.24) is 0 Å². The second kappa shape index (κ2) is 8.75. The molecule has 2 rings (SSSR count). The minimum absolute atomic E-state index is 0.0285. The summed E-state index contributed by atoms with van der Waals surface area (Å²) in [6, 6.07) is 12.3. The van der Waals surface area contributed by atoms with Crippen molar-refractivity contribution in [1.29, 1.82) is 0 Å². The summed E-state index contributed by atoms with van der Waals surface area (Å²) in [5.41, 5.74) is 1.97. The zero-order valence-electron chi connectivity index (χ0n) is 13.0. The van der Waals surface area contributed by atoms with Crippen LogP contribution in [0.4, 0.5) is 11.4 Å². The van der Waals surface area contributed by atoms with Gasteiger partial charge in [0.1, 0.15) is 5.75 Å². The molecule has 2 amide bonds. The highest BCUT2D eigenvalue weighted by Crippen LogP contribution is 2.24. The summed E-state index contributed by atoms with van der Waals surface area (Å²) in [5.74, 6) is -0.127. The number of amides is 2. The van der Waals surface area contributed by atoms with Crippen LogP contribution in [-0.4, -0.2) is 28.4 Å². The zero-order valence-corrected chi connectivity index (χ0v) is 15.4. The molecule has 126 valence electrons. The van der Waals surface area contributed by atoms with Gasteiger partial charge in [0.2, 0.25) is 11.8 Å². The number of phenols is 1. The predicted octanol–water partition coefficient (Wildman–Crippen LogP) is 3.77. The van der Waals surface area contributed by atoms with E-state index in [1.54, 1.807) is 30.3 Å². The van der Waals surface area contributed by atoms with Crippen LogP contribution in [0.15, 0.2) is 46.9 Å². The van der Waals surface area contributed by atoms with Crippen LogP contribution >= 0.6 is 27.7 Å². The zero-order chi connectivity index (χ0) is 17.5. The number of benzene rings is 2. The van der Waals surface area contributed by atoms with Crippen molar-refractivity contribution in [3.05, 3.63) is 52.5 Å². The molecule has 0 atom stereocenters. The van der Waals surface area contributed by atoms with Gasteiger partial charge in [-0.1, -0.05) is 28.1 Å². The first-order chi connectivity index (χ1) is 11.4. The molecule has 3 N–H and O–H groups in total. The summed E-state index contributed by atoms with van der Waals surface area (Å²) in [4.78, 5) is 23.7. The molecule has 0 aliphatic rings. The van der Waals surface area contributed by atoms with Gasteiger partial charge in [-0.05, 0) is 42.8 Å². The van der Waals surface area contributed by atoms with Gasteiger partial charge in [0.15, 0.2) is 0 Å². The Morgan fingerprint density at radius 3 is 2.46 bits per heavy atom. The van der Waals surface area contributed by atoms with Crippen LogP contribution in [0.25, 0.3) is 0 Å². The van der Waals surface area contributed by atoms with Gasteiger partial charge in [-0.2, -0.15) is 0 Å². The third-order valence-electron chi connectivity index (χ3n) is 3.00. The molecule has 5 nitrogen and oxygen atoms in total. The number of anilines is 2. The average molecular weight is 409 g/mol. The molecule has 0 fully saturated rings. The Balaban J connectivity index is 1.75. The fourth-order valence-corrected chi connectivity index (χ4v) is 2.95. The van der Waals surface area contributed by atoms with Crippen molar-refractivity contribution in [2.24, 2.45) is 0 Å². The maximum Gasteiger partial charge on any atom is 0.234 e. The highest BCUT2D eigenvalue weighted by atomic mass is 79.9. The Morgan fingerprint density at radius 1 is 1.08 bits per heavy atom. The van der Waals surface area contributed by atoms with Crippen molar-refractivity contribution in [3.63, 3.8) is 0 Å². The number of rotatable bonds is 6. The van der Waals surface area contributed by atoms with Crippen LogP contribution in [0.5, 0.6) is 5.75 Å². The number of carbonyl (C=O) groups is 2. The number of halogens is 1. The number of phenolic OH excluding ortho intramolecular Hbond substituents is 1. The Kier molecular flexibility index (Phi) is 6.69. The number of hydrogen-bond acceptors (Lipinski definition) is 4. The van der Waals surface area contributed by atoms with Gasteiger partial charge in [-0.25, -0.2) is 0 Å². The summed E-state index contributed by atoms with van der Waals surface area (Å²) in [7, 11) is 0. The molecular weight excluding hydrogens is 392 g/mol. The first-order valence-electron chi connectivity index (χ1n) is 7.16. The predicted molar refractivity (Wildman–Crippen MR) is 102 cm³/mol. The van der Waals surface area contributed by atoms with E-state index in [1.807, 2.05) is 19.1 Å². The monoisotopic (exact) mass is 408 g/mol. The van der Waals surface area contributed by atoms with Gasteiger partial charge in [0, 0.05) is 10.2 Å². The summed E-state index contributed by atoms with van der Waals surface area (Å²) in [6.07, 6.45) is 0. The lowest BCUT2D eigenvalue weighted by atomic mass is 10.2. The van der Waals surface area contributed by atoms with E-state index in [4.69, 9.17) is 0 Å². The third kappa shape index (κ3) is 5.90. The van der Waals surface area contributed by atoms with Crippen LogP contribution in [0.1, 0.15) is 5.56 Å². The van der Waals surface area contributed by atoms with Crippen LogP contribution in [-0.2, 0) is 9.59 Å². The summed E-state index contributed by atoms with van der Waals surface area (Å²) < 4.78 is 0.880. The summed E-state index contributed by atoms with van der Waals surface area (Å²) in [5, 5.41) is 15.1. The van der Waals surface area contributed by atoms with Crippen LogP contribution in [0.3, 0.4) is 0 Å². The topological polar surface area (TPSA) is 78.4 Å². The van der Waals surface area contributed by atoms with Gasteiger partial charge in [-0.3, -0.25) is 9.59 Å². The number of carbonyl (C=O) groups excluding carboxylic acids is 2. The maximum atomic E-state index is 11.9. The maximum absolute atomic E-state index is 11.9. The number of aryl methyl sites for hydroxylation is 1. The molecule has 7 heteroatoms. The minimum Gasteiger partial charge on any atom is -0.506 e. The van der Waals surface area contributed by atoms with Gasteiger partial charge in [0.25, 0.3) is 0 Å². The summed E-state index contributed by atoms with van der Waals surface area (Å²) >= 11 is 4.54. The van der Waals surface area contributed by atoms with Gasteiger partial charge >= 0.3 is 0 Å². The largest absolute Gasteiger partial charge is 0.506 e. The van der Waals surface area contributed by atoms with Gasteiger partial charge in [-0.15, -0.1) is 11.8 Å². The molecule has 24 heavy (non-hydrogen) atoms. The minimum atomic E-state index is -0.269. The van der Waals surface area contributed by atoms with E-state index in [0.29, 0.717) is 11.4 Å². The van der Waals surface area contributed by atoms with Crippen molar-refractivity contribution >= 4 is 50.9 Å². The molecule has 0 saturated heterocycles. The standard InChI is InChI=1S/C17H17BrN2O3S/c1-11-5-6-14(15(21)7-11)20-17(23)10-24-9-16(22)19-13-4-2-3-12(18)8-13/h2-8,21H,9-10H2,1H3,(H,19,22)(H,20,23). The van der Waals surface area contributed by atoms with Crippen LogP contribution < -0.4 is 10.6 Å². The molecule has 0 heterocycles. The summed E-state index contributed by atoms with van der Waals surface area (Å²) in [6.45, 7) is 1.85. The third-order valence-corrected chi connectivity index (χ3v) is 4.43. The highest BCUT2D eigenvalue weighted by Gasteiger charge is 2.09. The van der Waals surface area contributed by atoms with E-state index in [-0.39, 0.29) is 29.1 Å². The Morgan fingerprint density at radius 2 is 1.79 bits per heavy atom. The number of nitrogens with one attached hydrogen (secondary N) is 2. The van der Waals surface area contributed by atoms with E-state index in [1.165, 1.54) is 11.8 Å². The molecule has 0 unspecified atom stereocenters. The highest BCUT2D eigenvalue weighted by molar-refractivity contribution is 9.10. The Labute approximate surface area is 153 Å². The molecule has 0 aromatic heterocycles. The molecule has 0 radical (unpaired) electrons. The smallest absolute Gasteiger partial charge is 0.234 e. The van der Waals surface area contributed by atoms with Crippen LogP contribution in [0, 0.1) is 6.92 Å². The van der Waals surface area contributed by atoms with Crippen molar-refractivity contribution < 1.29 is 14.7 Å². The van der Waals surface area contributed by atoms with Crippen molar-refractivity contribution in [2.45, 2.75) is 6.92 Å². The van der Waals surface area contributed by atoms with Gasteiger partial charge < -0.3 is 15.7 Å². The lowest BCUT2D eigenvalue weighted by molar-refractivity contribution is -0.114. The second-order valence-corrected chi connectivity index (χ2v) is 7.02. The lowest BCUT2D eigenvalue weighted by Gasteiger charge is -2.08. The SMILES string of the molecule is Cc1ccc(NC(=O)CSCC(=O)Nc2cccc(Br)c2)c(O)c1. The number of hydrogen-bond donors (Lipinski definition) is 3. The van der Waals surface area contributed by atoms with E-state index < -0.39 is 0 Å². The van der Waals surface area contributed by atoms with Crippen molar-refractivity contribution in [3.8, 4) is 5.75 Å². The average Bonchev–Trinajstić information content (AvgIpc) is 2.50. The molecule has 0 bridgehead atoms. The van der Waals surface area contributed by atoms with Gasteiger partial charge in [0.05, 0.1) is 17.2 Å². The molecule has 0 aliphatic heterocycles. The second-order valence-electron chi connectivity index (χ2n) is 5.12. The van der Waals surface area contributed by atoms with E-state index >= 15 is 0 Å². The number of thioether (sulfide) groups is 1. The fourth-order valence-electron chi connectivity index (χ4n) is 1.93. The Bertz CT molecular complexity index is 752. The molecule has 0 aliphatic carbocycles. The number of aromatic hydroxyl groups is 1. The molecule has 2 aromatic rings. The van der Waals surface area contributed by atoms with Crippen LogP contribution in [0.2, 0.25) is 0 Å². The molecule has 0 saturated carbocycles. The first-order valence-corrected chi connectivity index (χ1v) is 9.11. The molecular formula is C17H17BrN2O3S. The van der Waals surface area contributed by atoms with E-state index in [9.17, 15) is 14.7 Å². The quantitative estimate of drug-likeness (QED) is 0.635. The Hall–Kier alpha value is -1.99. The lowest BCUT2D eigenvalue weighted by Crippen LogP contribution is -2.18. The fraction of sp³-hybridized carbons (Fsp3) is 0.176. The van der Waals surface area contributed by atoms with Crippen molar-refractivity contribution in [2.75, 3.05) is 22.1 Å². The van der Waals surface area contributed by atoms with E-state index in [2.05, 4.69) is 26.6 Å². The first kappa shape index (κ1) is 18.4.